The number of likely N-dealkylation sites (N-methyl/N-ethyl adjacent to an activating group) is 2. The van der Waals surface area contributed by atoms with Crippen LogP contribution in [0.3, 0.4) is 0 Å². The van der Waals surface area contributed by atoms with Crippen LogP contribution in [0.4, 0.5) is 0 Å². The monoisotopic (exact) mass is 610 g/mol. The van der Waals surface area contributed by atoms with Crippen LogP contribution in [0.2, 0.25) is 0 Å². The molecule has 2 aromatic carbocycles. The lowest BCUT2D eigenvalue weighted by molar-refractivity contribution is 0.0740. The van der Waals surface area contributed by atoms with Gasteiger partial charge in [-0.2, -0.15) is 0 Å². The molecule has 0 radical (unpaired) electrons. The first kappa shape index (κ1) is 31.4. The predicted octanol–water partition coefficient (Wildman–Crippen LogP) is 5.04. The van der Waals surface area contributed by atoms with Gasteiger partial charge < -0.3 is 28.7 Å². The van der Waals surface area contributed by atoms with Gasteiger partial charge in [-0.1, -0.05) is 12.1 Å². The maximum absolute atomic E-state index is 13.4. The Labute approximate surface area is 253 Å². The van der Waals surface area contributed by atoms with Crippen LogP contribution in [0, 0.1) is 0 Å². The van der Waals surface area contributed by atoms with Gasteiger partial charge in [0.2, 0.25) is 0 Å². The molecule has 222 valence electrons. The average Bonchev–Trinajstić information content (AvgIpc) is 3.03. The number of benzene rings is 2. The Morgan fingerprint density at radius 1 is 0.714 bits per heavy atom. The third-order valence-electron chi connectivity index (χ3n) is 6.69. The minimum atomic E-state index is -0.153. The van der Waals surface area contributed by atoms with Gasteiger partial charge in [-0.05, 0) is 45.9 Å². The highest BCUT2D eigenvalue weighted by Crippen LogP contribution is 2.50. The first-order valence-electron chi connectivity index (χ1n) is 13.1. The van der Waals surface area contributed by atoms with Crippen molar-refractivity contribution < 1.29 is 28.5 Å². The molecule has 2 amide bonds. The summed E-state index contributed by atoms with van der Waals surface area (Å²) in [6.45, 7) is 1.76. The number of methoxy groups -OCH3 is 4. The van der Waals surface area contributed by atoms with Crippen LogP contribution < -0.4 is 9.47 Å². The van der Waals surface area contributed by atoms with E-state index in [1.807, 2.05) is 24.3 Å². The minimum Gasteiger partial charge on any atom is -0.495 e. The summed E-state index contributed by atoms with van der Waals surface area (Å²) < 4.78 is 21.8. The number of carbonyl (C=O) groups excluding carboxylic acids is 2. The molecule has 10 nitrogen and oxygen atoms in total. The molecule has 0 unspecified atom stereocenters. The van der Waals surface area contributed by atoms with Gasteiger partial charge >= 0.3 is 0 Å². The molecule has 0 aliphatic carbocycles. The number of fused-ring (bicyclic) bond motifs is 2. The third-order valence-corrected chi connectivity index (χ3v) is 9.14. The summed E-state index contributed by atoms with van der Waals surface area (Å²) in [5, 5.41) is 1.43. The highest BCUT2D eigenvalue weighted by molar-refractivity contribution is 8.76. The predicted molar refractivity (Wildman–Crippen MR) is 166 cm³/mol. The Morgan fingerprint density at radius 2 is 1.12 bits per heavy atom. The molecule has 4 rings (SSSR count). The number of rotatable bonds is 13. The number of carbonyl (C=O) groups is 2. The molecule has 0 aliphatic rings. The molecule has 2 aromatic heterocycles. The lowest BCUT2D eigenvalue weighted by Crippen LogP contribution is -2.30. The fraction of sp³-hybridized carbons (Fsp3) is 0.333. The average molecular weight is 611 g/mol. The summed E-state index contributed by atoms with van der Waals surface area (Å²) in [5.74, 6) is 0.732. The van der Waals surface area contributed by atoms with E-state index in [-0.39, 0.29) is 11.8 Å². The number of nitrogens with zero attached hydrogens (tertiary/aromatic N) is 4. The second kappa shape index (κ2) is 14.5. The SMILES string of the molecule is COCCN(C)C(=O)c1cc(OC)c(SSc2c(OC)cc(C(=O)N(C)CCOC)c3cccnc23)c2ncccc12. The van der Waals surface area contributed by atoms with Gasteiger partial charge in [-0.3, -0.25) is 19.6 Å². The van der Waals surface area contributed by atoms with E-state index < -0.39 is 0 Å². The Balaban J connectivity index is 1.76. The van der Waals surface area contributed by atoms with Crippen molar-refractivity contribution in [3.63, 3.8) is 0 Å². The van der Waals surface area contributed by atoms with Crippen LogP contribution in [-0.4, -0.2) is 100 Å². The van der Waals surface area contributed by atoms with E-state index in [0.717, 1.165) is 9.79 Å². The minimum absolute atomic E-state index is 0.153. The number of hydrogen-bond acceptors (Lipinski definition) is 10. The van der Waals surface area contributed by atoms with Gasteiger partial charge in [-0.15, -0.1) is 0 Å². The molecule has 0 N–H and O–H groups in total. The molecular weight excluding hydrogens is 576 g/mol. The zero-order valence-corrected chi connectivity index (χ0v) is 26.1. The van der Waals surface area contributed by atoms with E-state index in [1.54, 1.807) is 76.9 Å². The summed E-state index contributed by atoms with van der Waals surface area (Å²) in [6.07, 6.45) is 3.38. The Kier molecular flexibility index (Phi) is 10.9. The maximum Gasteiger partial charge on any atom is 0.254 e. The fourth-order valence-corrected chi connectivity index (χ4v) is 6.93. The Hall–Kier alpha value is -3.58. The van der Waals surface area contributed by atoms with Crippen LogP contribution in [0.25, 0.3) is 21.8 Å². The summed E-state index contributed by atoms with van der Waals surface area (Å²) >= 11 is 0. The number of ether oxygens (including phenoxy) is 4. The molecule has 0 spiro atoms. The maximum atomic E-state index is 13.4. The number of hydrogen-bond donors (Lipinski definition) is 0. The van der Waals surface area contributed by atoms with Crippen LogP contribution in [0.1, 0.15) is 20.7 Å². The first-order valence-corrected chi connectivity index (χ1v) is 15.3. The molecule has 0 saturated carbocycles. The summed E-state index contributed by atoms with van der Waals surface area (Å²) in [7, 11) is 12.7. The summed E-state index contributed by atoms with van der Waals surface area (Å²) in [4.78, 5) is 40.7. The molecule has 2 heterocycles. The van der Waals surface area contributed by atoms with Crippen molar-refractivity contribution in [2.24, 2.45) is 0 Å². The van der Waals surface area contributed by atoms with E-state index in [2.05, 4.69) is 9.97 Å². The second-order valence-corrected chi connectivity index (χ2v) is 11.5. The quantitative estimate of drug-likeness (QED) is 0.191. The van der Waals surface area contributed by atoms with Crippen molar-refractivity contribution in [1.29, 1.82) is 0 Å². The molecule has 4 aromatic rings. The van der Waals surface area contributed by atoms with E-state index in [1.165, 1.54) is 21.6 Å². The first-order chi connectivity index (χ1) is 20.4. The van der Waals surface area contributed by atoms with E-state index in [4.69, 9.17) is 18.9 Å². The molecule has 0 bridgehead atoms. The van der Waals surface area contributed by atoms with E-state index in [0.29, 0.717) is 70.7 Å². The molecule has 0 atom stereocenters. The third kappa shape index (κ3) is 6.57. The van der Waals surface area contributed by atoms with E-state index >= 15 is 0 Å². The van der Waals surface area contributed by atoms with Gasteiger partial charge in [0.15, 0.2) is 0 Å². The zero-order valence-electron chi connectivity index (χ0n) is 24.5. The van der Waals surface area contributed by atoms with Gasteiger partial charge in [0.1, 0.15) is 11.5 Å². The van der Waals surface area contributed by atoms with Gasteiger partial charge in [0.05, 0.1) is 59.4 Å². The van der Waals surface area contributed by atoms with Crippen molar-refractivity contribution in [3.05, 3.63) is 59.9 Å². The Morgan fingerprint density at radius 3 is 1.48 bits per heavy atom. The molecule has 0 fully saturated rings. The van der Waals surface area contributed by atoms with Gasteiger partial charge in [-0.25, -0.2) is 0 Å². The van der Waals surface area contributed by atoms with Crippen LogP contribution in [-0.2, 0) is 9.47 Å². The zero-order chi connectivity index (χ0) is 30.2. The molecule has 0 aliphatic heterocycles. The summed E-state index contributed by atoms with van der Waals surface area (Å²) in [6, 6.07) is 10.9. The highest BCUT2D eigenvalue weighted by Gasteiger charge is 2.24. The number of aromatic nitrogens is 2. The van der Waals surface area contributed by atoms with Crippen LogP contribution in [0.5, 0.6) is 11.5 Å². The highest BCUT2D eigenvalue weighted by atomic mass is 33.1. The topological polar surface area (TPSA) is 103 Å². The van der Waals surface area contributed by atoms with Crippen molar-refractivity contribution in [2.45, 2.75) is 9.79 Å². The molecular formula is C30H34N4O6S2. The lowest BCUT2D eigenvalue weighted by Gasteiger charge is -2.20. The smallest absolute Gasteiger partial charge is 0.254 e. The van der Waals surface area contributed by atoms with Gasteiger partial charge in [0, 0.05) is 64.6 Å². The largest absolute Gasteiger partial charge is 0.495 e. The lowest BCUT2D eigenvalue weighted by atomic mass is 10.1. The number of pyridine rings is 2. The van der Waals surface area contributed by atoms with Crippen molar-refractivity contribution >= 4 is 55.2 Å². The molecule has 12 heteroatoms. The van der Waals surface area contributed by atoms with Gasteiger partial charge in [0.25, 0.3) is 11.8 Å². The molecule has 0 saturated heterocycles. The summed E-state index contributed by atoms with van der Waals surface area (Å²) in [5.41, 5.74) is 2.27. The number of amides is 2. The van der Waals surface area contributed by atoms with Crippen LogP contribution in [0.15, 0.2) is 58.6 Å². The normalized spacial score (nSPS) is 11.1. The van der Waals surface area contributed by atoms with E-state index in [9.17, 15) is 9.59 Å². The molecule has 42 heavy (non-hydrogen) atoms. The fourth-order valence-electron chi connectivity index (χ4n) is 4.36. The van der Waals surface area contributed by atoms with Crippen molar-refractivity contribution in [1.82, 2.24) is 19.8 Å². The Bertz CT molecular complexity index is 1470. The standard InChI is InChI=1S/C30H34N4O6S2/c1-33(13-15-37-3)29(35)21-17-23(39-5)27(25-19(21)9-7-11-31-25)41-42-28-24(40-6)18-22(20-10-8-12-32-26(20)28)30(36)34(2)14-16-38-4/h7-12,17-18H,13-16H2,1-6H3. The van der Waals surface area contributed by atoms with Crippen LogP contribution >= 0.6 is 21.6 Å². The van der Waals surface area contributed by atoms with Crippen molar-refractivity contribution in [2.75, 3.05) is 68.8 Å². The second-order valence-electron chi connectivity index (χ2n) is 9.32. The van der Waals surface area contributed by atoms with Crippen molar-refractivity contribution in [3.8, 4) is 11.5 Å².